The SMILES string of the molecule is Cc1nsc(NC2CCN(C)C2=O)n1. The number of nitrogens with one attached hydrogen (secondary N) is 1. The summed E-state index contributed by atoms with van der Waals surface area (Å²) in [5, 5.41) is 3.83. The fourth-order valence-corrected chi connectivity index (χ4v) is 2.09. The molecule has 2 heterocycles. The topological polar surface area (TPSA) is 58.1 Å². The largest absolute Gasteiger partial charge is 0.348 e. The Bertz CT molecular complexity index is 351. The summed E-state index contributed by atoms with van der Waals surface area (Å²) in [6.45, 7) is 2.65. The van der Waals surface area contributed by atoms with Crippen LogP contribution < -0.4 is 5.32 Å². The molecule has 0 spiro atoms. The van der Waals surface area contributed by atoms with Crippen molar-refractivity contribution in [1.29, 1.82) is 0 Å². The third-order valence-corrected chi connectivity index (χ3v) is 2.99. The first-order valence-corrected chi connectivity index (χ1v) is 5.26. The molecule has 0 saturated carbocycles. The smallest absolute Gasteiger partial charge is 0.244 e. The van der Waals surface area contributed by atoms with Crippen LogP contribution in [0.15, 0.2) is 0 Å². The zero-order valence-electron chi connectivity index (χ0n) is 8.15. The van der Waals surface area contributed by atoms with Crippen molar-refractivity contribution in [3.63, 3.8) is 0 Å². The lowest BCUT2D eigenvalue weighted by Crippen LogP contribution is -2.30. The molecule has 2 rings (SSSR count). The quantitative estimate of drug-likeness (QED) is 0.775. The average molecular weight is 212 g/mol. The number of rotatable bonds is 2. The van der Waals surface area contributed by atoms with Crippen LogP contribution in [0.2, 0.25) is 0 Å². The first-order valence-electron chi connectivity index (χ1n) is 4.48. The van der Waals surface area contributed by atoms with Crippen LogP contribution in [0, 0.1) is 6.92 Å². The third-order valence-electron chi connectivity index (χ3n) is 2.25. The Labute approximate surface area is 86.3 Å². The molecule has 5 nitrogen and oxygen atoms in total. The van der Waals surface area contributed by atoms with Gasteiger partial charge in [0.25, 0.3) is 0 Å². The third kappa shape index (κ3) is 1.70. The Morgan fingerprint density at radius 2 is 2.43 bits per heavy atom. The molecule has 0 radical (unpaired) electrons. The van der Waals surface area contributed by atoms with Crippen molar-refractivity contribution < 1.29 is 4.79 Å². The van der Waals surface area contributed by atoms with Crippen molar-refractivity contribution in [1.82, 2.24) is 14.3 Å². The van der Waals surface area contributed by atoms with E-state index in [-0.39, 0.29) is 11.9 Å². The highest BCUT2D eigenvalue weighted by Crippen LogP contribution is 2.17. The van der Waals surface area contributed by atoms with Gasteiger partial charge in [0.1, 0.15) is 11.9 Å². The lowest BCUT2D eigenvalue weighted by molar-refractivity contribution is -0.127. The van der Waals surface area contributed by atoms with Gasteiger partial charge in [-0.25, -0.2) is 4.98 Å². The molecule has 14 heavy (non-hydrogen) atoms. The van der Waals surface area contributed by atoms with Gasteiger partial charge in [-0.15, -0.1) is 0 Å². The maximum Gasteiger partial charge on any atom is 0.244 e. The van der Waals surface area contributed by atoms with E-state index in [2.05, 4.69) is 14.7 Å². The number of aryl methyl sites for hydroxylation is 1. The summed E-state index contributed by atoms with van der Waals surface area (Å²) in [5.41, 5.74) is 0. The Kier molecular flexibility index (Phi) is 2.37. The van der Waals surface area contributed by atoms with Crippen LogP contribution in [-0.2, 0) is 4.79 Å². The van der Waals surface area contributed by atoms with Gasteiger partial charge in [0.15, 0.2) is 0 Å². The van der Waals surface area contributed by atoms with Crippen LogP contribution in [-0.4, -0.2) is 39.8 Å². The van der Waals surface area contributed by atoms with E-state index in [1.807, 2.05) is 14.0 Å². The van der Waals surface area contributed by atoms with Crippen LogP contribution in [0.4, 0.5) is 5.13 Å². The number of carbonyl (C=O) groups excluding carboxylic acids is 1. The van der Waals surface area contributed by atoms with E-state index in [0.717, 1.165) is 23.9 Å². The monoisotopic (exact) mass is 212 g/mol. The van der Waals surface area contributed by atoms with Gasteiger partial charge in [0.05, 0.1) is 0 Å². The molecule has 1 aromatic heterocycles. The van der Waals surface area contributed by atoms with Crippen LogP contribution in [0.3, 0.4) is 0 Å². The summed E-state index contributed by atoms with van der Waals surface area (Å²) < 4.78 is 4.05. The van der Waals surface area contributed by atoms with Crippen molar-refractivity contribution in [3.05, 3.63) is 5.82 Å². The molecule has 1 amide bonds. The van der Waals surface area contributed by atoms with E-state index in [1.165, 1.54) is 11.5 Å². The van der Waals surface area contributed by atoms with Gasteiger partial charge in [-0.2, -0.15) is 4.37 Å². The molecule has 1 aliphatic heterocycles. The van der Waals surface area contributed by atoms with Gasteiger partial charge in [0.2, 0.25) is 11.0 Å². The number of likely N-dealkylation sites (tertiary alicyclic amines) is 1. The molecular weight excluding hydrogens is 200 g/mol. The van der Waals surface area contributed by atoms with Crippen LogP contribution in [0.5, 0.6) is 0 Å². The van der Waals surface area contributed by atoms with Crippen molar-refractivity contribution in [3.8, 4) is 0 Å². The van der Waals surface area contributed by atoms with E-state index < -0.39 is 0 Å². The second kappa shape index (κ2) is 3.53. The standard InChI is InChI=1S/C8H12N4OS/c1-5-9-8(14-11-5)10-6-3-4-12(2)7(6)13/h6H,3-4H2,1-2H3,(H,9,10,11). The minimum absolute atomic E-state index is 0.118. The number of nitrogens with zero attached hydrogens (tertiary/aromatic N) is 3. The zero-order valence-corrected chi connectivity index (χ0v) is 8.97. The van der Waals surface area contributed by atoms with E-state index in [0.29, 0.717) is 0 Å². The lowest BCUT2D eigenvalue weighted by atomic mass is 10.2. The highest BCUT2D eigenvalue weighted by molar-refractivity contribution is 7.09. The van der Waals surface area contributed by atoms with Gasteiger partial charge in [0, 0.05) is 25.1 Å². The van der Waals surface area contributed by atoms with Crippen molar-refractivity contribution in [2.24, 2.45) is 0 Å². The lowest BCUT2D eigenvalue weighted by Gasteiger charge is -2.10. The summed E-state index contributed by atoms with van der Waals surface area (Å²) >= 11 is 1.30. The molecule has 1 aliphatic rings. The molecule has 0 bridgehead atoms. The molecule has 1 aromatic rings. The normalized spacial score (nSPS) is 21.7. The summed E-state index contributed by atoms with van der Waals surface area (Å²) in [5.74, 6) is 0.883. The van der Waals surface area contributed by atoms with Crippen molar-refractivity contribution in [2.75, 3.05) is 18.9 Å². The fraction of sp³-hybridized carbons (Fsp3) is 0.625. The van der Waals surface area contributed by atoms with Crippen molar-refractivity contribution in [2.45, 2.75) is 19.4 Å². The Morgan fingerprint density at radius 1 is 1.64 bits per heavy atom. The molecular formula is C8H12N4OS. The van der Waals surface area contributed by atoms with Gasteiger partial charge >= 0.3 is 0 Å². The maximum absolute atomic E-state index is 11.5. The molecule has 0 aromatic carbocycles. The molecule has 0 aliphatic carbocycles. The molecule has 1 fully saturated rings. The number of carbonyl (C=O) groups is 1. The summed E-state index contributed by atoms with van der Waals surface area (Å²) in [4.78, 5) is 17.4. The highest BCUT2D eigenvalue weighted by Gasteiger charge is 2.29. The highest BCUT2D eigenvalue weighted by atomic mass is 32.1. The fourth-order valence-electron chi connectivity index (χ4n) is 1.46. The number of amides is 1. The summed E-state index contributed by atoms with van der Waals surface area (Å²) in [6, 6.07) is -0.118. The molecule has 1 N–H and O–H groups in total. The minimum Gasteiger partial charge on any atom is -0.348 e. The van der Waals surface area contributed by atoms with Crippen LogP contribution in [0.25, 0.3) is 0 Å². The Hall–Kier alpha value is -1.17. The Morgan fingerprint density at radius 3 is 2.93 bits per heavy atom. The predicted octanol–water partition coefficient (Wildman–Crippen LogP) is 0.489. The minimum atomic E-state index is -0.118. The van der Waals surface area contributed by atoms with Gasteiger partial charge < -0.3 is 10.2 Å². The van der Waals surface area contributed by atoms with Gasteiger partial charge in [-0.05, 0) is 13.3 Å². The second-order valence-electron chi connectivity index (χ2n) is 3.39. The second-order valence-corrected chi connectivity index (χ2v) is 4.14. The zero-order chi connectivity index (χ0) is 10.1. The molecule has 6 heteroatoms. The van der Waals surface area contributed by atoms with Gasteiger partial charge in [-0.1, -0.05) is 0 Å². The van der Waals surface area contributed by atoms with E-state index in [1.54, 1.807) is 4.90 Å². The van der Waals surface area contributed by atoms with Crippen molar-refractivity contribution >= 4 is 22.6 Å². The number of likely N-dealkylation sites (N-methyl/N-ethyl adjacent to an activating group) is 1. The van der Waals surface area contributed by atoms with Crippen LogP contribution >= 0.6 is 11.5 Å². The first-order chi connectivity index (χ1) is 6.66. The molecule has 1 unspecified atom stereocenters. The molecule has 1 atom stereocenters. The van der Waals surface area contributed by atoms with E-state index in [9.17, 15) is 4.79 Å². The molecule has 76 valence electrons. The number of hydrogen-bond donors (Lipinski definition) is 1. The van der Waals surface area contributed by atoms with Crippen LogP contribution in [0.1, 0.15) is 12.2 Å². The Balaban J connectivity index is 2.02. The van der Waals surface area contributed by atoms with Gasteiger partial charge in [-0.3, -0.25) is 4.79 Å². The maximum atomic E-state index is 11.5. The summed E-state index contributed by atoms with van der Waals surface area (Å²) in [7, 11) is 1.81. The summed E-state index contributed by atoms with van der Waals surface area (Å²) in [6.07, 6.45) is 0.841. The number of anilines is 1. The number of aromatic nitrogens is 2. The average Bonchev–Trinajstić information content (AvgIpc) is 2.67. The van der Waals surface area contributed by atoms with E-state index in [4.69, 9.17) is 0 Å². The molecule has 1 saturated heterocycles. The predicted molar refractivity (Wildman–Crippen MR) is 54.3 cm³/mol. The number of hydrogen-bond acceptors (Lipinski definition) is 5. The first kappa shape index (κ1) is 9.39. The van der Waals surface area contributed by atoms with E-state index >= 15 is 0 Å².